The van der Waals surface area contributed by atoms with E-state index in [9.17, 15) is 9.59 Å². The van der Waals surface area contributed by atoms with Gasteiger partial charge in [-0.3, -0.25) is 4.79 Å². The highest BCUT2D eigenvalue weighted by molar-refractivity contribution is 7.12. The van der Waals surface area contributed by atoms with Crippen LogP contribution in [0.2, 0.25) is 0 Å². The van der Waals surface area contributed by atoms with Gasteiger partial charge in [-0.05, 0) is 12.0 Å². The van der Waals surface area contributed by atoms with E-state index in [1.807, 2.05) is 0 Å². The van der Waals surface area contributed by atoms with Gasteiger partial charge in [-0.1, -0.05) is 0 Å². The number of rotatable bonds is 1. The highest BCUT2D eigenvalue weighted by Gasteiger charge is 2.26. The predicted octanol–water partition coefficient (Wildman–Crippen LogP) is 1.58. The van der Waals surface area contributed by atoms with E-state index in [0.717, 1.165) is 5.56 Å². The monoisotopic (exact) mass is 182 g/mol. The second kappa shape index (κ2) is 2.42. The van der Waals surface area contributed by atoms with E-state index in [0.29, 0.717) is 23.3 Å². The number of aromatic carboxylic acids is 1. The van der Waals surface area contributed by atoms with Crippen LogP contribution in [-0.4, -0.2) is 16.9 Å². The standard InChI is InChI=1S/C8H6O3S/c9-6-2-1-4-5(8(10)11)3-12-7(4)6/h3H,1-2H2,(H,10,11). The van der Waals surface area contributed by atoms with Crippen LogP contribution in [0.1, 0.15) is 32.0 Å². The van der Waals surface area contributed by atoms with Crippen molar-refractivity contribution < 1.29 is 14.7 Å². The van der Waals surface area contributed by atoms with E-state index in [1.54, 1.807) is 5.38 Å². The van der Waals surface area contributed by atoms with Gasteiger partial charge < -0.3 is 5.11 Å². The van der Waals surface area contributed by atoms with Crippen molar-refractivity contribution in [2.24, 2.45) is 0 Å². The van der Waals surface area contributed by atoms with Gasteiger partial charge >= 0.3 is 5.97 Å². The molecule has 0 saturated heterocycles. The van der Waals surface area contributed by atoms with Gasteiger partial charge in [0.05, 0.1) is 10.4 Å². The van der Waals surface area contributed by atoms with Crippen LogP contribution in [-0.2, 0) is 6.42 Å². The third-order valence-electron chi connectivity index (χ3n) is 1.98. The van der Waals surface area contributed by atoms with E-state index < -0.39 is 5.97 Å². The first-order valence-corrected chi connectivity index (χ1v) is 4.45. The molecule has 0 aliphatic heterocycles. The SMILES string of the molecule is O=C(O)c1csc2c1CCC2=O. The third-order valence-corrected chi connectivity index (χ3v) is 3.04. The van der Waals surface area contributed by atoms with Crippen LogP contribution in [0.15, 0.2) is 5.38 Å². The Morgan fingerprint density at radius 1 is 1.50 bits per heavy atom. The molecular weight excluding hydrogens is 176 g/mol. The van der Waals surface area contributed by atoms with Crippen LogP contribution >= 0.6 is 11.3 Å². The number of fused-ring (bicyclic) bond motifs is 1. The quantitative estimate of drug-likeness (QED) is 0.717. The summed E-state index contributed by atoms with van der Waals surface area (Å²) < 4.78 is 0. The molecule has 0 atom stereocenters. The van der Waals surface area contributed by atoms with Crippen molar-refractivity contribution in [1.29, 1.82) is 0 Å². The summed E-state index contributed by atoms with van der Waals surface area (Å²) in [5.74, 6) is -0.843. The Hall–Kier alpha value is -1.16. The van der Waals surface area contributed by atoms with E-state index in [4.69, 9.17) is 5.11 Å². The summed E-state index contributed by atoms with van der Waals surface area (Å²) in [4.78, 5) is 22.4. The zero-order chi connectivity index (χ0) is 8.72. The minimum Gasteiger partial charge on any atom is -0.478 e. The van der Waals surface area contributed by atoms with Crippen molar-refractivity contribution in [2.45, 2.75) is 12.8 Å². The molecule has 0 bridgehead atoms. The third kappa shape index (κ3) is 0.881. The lowest BCUT2D eigenvalue weighted by Crippen LogP contribution is -1.97. The first-order chi connectivity index (χ1) is 5.70. The second-order valence-corrected chi connectivity index (χ2v) is 3.57. The Kier molecular flexibility index (Phi) is 1.51. The van der Waals surface area contributed by atoms with Gasteiger partial charge in [0.15, 0.2) is 5.78 Å². The molecule has 0 amide bonds. The van der Waals surface area contributed by atoms with Crippen molar-refractivity contribution >= 4 is 23.1 Å². The lowest BCUT2D eigenvalue weighted by molar-refractivity contribution is 0.0696. The molecule has 3 nitrogen and oxygen atoms in total. The number of carboxylic acids is 1. The summed E-state index contributed by atoms with van der Waals surface area (Å²) in [5.41, 5.74) is 1.04. The molecule has 1 heterocycles. The lowest BCUT2D eigenvalue weighted by Gasteiger charge is -1.90. The summed E-state index contributed by atoms with van der Waals surface area (Å²) in [6.07, 6.45) is 1.07. The molecular formula is C8H6O3S. The Morgan fingerprint density at radius 3 is 2.92 bits per heavy atom. The number of ketones is 1. The first kappa shape index (κ1) is 7.49. The van der Waals surface area contributed by atoms with Crippen LogP contribution in [0.5, 0.6) is 0 Å². The highest BCUT2D eigenvalue weighted by Crippen LogP contribution is 2.30. The second-order valence-electron chi connectivity index (χ2n) is 2.69. The fourth-order valence-electron chi connectivity index (χ4n) is 1.40. The van der Waals surface area contributed by atoms with Crippen molar-refractivity contribution in [3.63, 3.8) is 0 Å². The summed E-state index contributed by atoms with van der Waals surface area (Å²) in [6.45, 7) is 0. The normalized spacial score (nSPS) is 14.8. The van der Waals surface area contributed by atoms with Crippen LogP contribution in [0.4, 0.5) is 0 Å². The number of thiophene rings is 1. The average molecular weight is 182 g/mol. The maximum atomic E-state index is 11.1. The minimum atomic E-state index is -0.929. The van der Waals surface area contributed by atoms with Gasteiger partial charge in [0.2, 0.25) is 0 Å². The zero-order valence-electron chi connectivity index (χ0n) is 6.16. The molecule has 0 saturated carbocycles. The number of hydrogen-bond donors (Lipinski definition) is 1. The first-order valence-electron chi connectivity index (χ1n) is 3.57. The van der Waals surface area contributed by atoms with Gasteiger partial charge in [-0.25, -0.2) is 4.79 Å². The summed E-state index contributed by atoms with van der Waals surface area (Å²) in [6, 6.07) is 0. The summed E-state index contributed by atoms with van der Waals surface area (Å²) in [5, 5.41) is 10.3. The molecule has 0 aromatic carbocycles. The highest BCUT2D eigenvalue weighted by atomic mass is 32.1. The molecule has 1 aromatic rings. The summed E-state index contributed by atoms with van der Waals surface area (Å²) in [7, 11) is 0. The van der Waals surface area contributed by atoms with E-state index in [1.165, 1.54) is 11.3 Å². The molecule has 0 unspecified atom stereocenters. The smallest absolute Gasteiger partial charge is 0.336 e. The molecule has 1 aliphatic rings. The molecule has 0 fully saturated rings. The van der Waals surface area contributed by atoms with Crippen molar-refractivity contribution in [2.75, 3.05) is 0 Å². The van der Waals surface area contributed by atoms with Crippen molar-refractivity contribution in [3.8, 4) is 0 Å². The van der Waals surface area contributed by atoms with Gasteiger partial charge in [0.25, 0.3) is 0 Å². The van der Waals surface area contributed by atoms with Gasteiger partial charge in [-0.2, -0.15) is 0 Å². The number of carbonyl (C=O) groups is 2. The summed E-state index contributed by atoms with van der Waals surface area (Å²) >= 11 is 1.24. The number of Topliss-reactive ketones (excluding diaryl/α,β-unsaturated/α-hetero) is 1. The minimum absolute atomic E-state index is 0.0856. The van der Waals surface area contributed by atoms with E-state index in [2.05, 4.69) is 0 Å². The molecule has 0 spiro atoms. The number of carboxylic acid groups (broad SMARTS) is 1. The zero-order valence-corrected chi connectivity index (χ0v) is 6.98. The molecule has 12 heavy (non-hydrogen) atoms. The van der Waals surface area contributed by atoms with Gasteiger partial charge in [0, 0.05) is 11.8 Å². The molecule has 1 N–H and O–H groups in total. The molecule has 1 aliphatic carbocycles. The Morgan fingerprint density at radius 2 is 2.25 bits per heavy atom. The van der Waals surface area contributed by atoms with Crippen molar-refractivity contribution in [3.05, 3.63) is 21.4 Å². The average Bonchev–Trinajstić information content (AvgIpc) is 2.53. The molecule has 1 aromatic heterocycles. The molecule has 2 rings (SSSR count). The Bertz CT molecular complexity index is 364. The topological polar surface area (TPSA) is 54.4 Å². The molecule has 62 valence electrons. The Labute approximate surface area is 72.6 Å². The fraction of sp³-hybridized carbons (Fsp3) is 0.250. The predicted molar refractivity (Wildman–Crippen MR) is 43.9 cm³/mol. The maximum Gasteiger partial charge on any atom is 0.336 e. The largest absolute Gasteiger partial charge is 0.478 e. The van der Waals surface area contributed by atoms with Gasteiger partial charge in [-0.15, -0.1) is 11.3 Å². The lowest BCUT2D eigenvalue weighted by atomic mass is 10.1. The van der Waals surface area contributed by atoms with Crippen LogP contribution < -0.4 is 0 Å². The van der Waals surface area contributed by atoms with E-state index >= 15 is 0 Å². The molecule has 4 heteroatoms. The Balaban J connectivity index is 2.56. The van der Waals surface area contributed by atoms with Gasteiger partial charge in [0.1, 0.15) is 0 Å². The van der Waals surface area contributed by atoms with Crippen molar-refractivity contribution in [1.82, 2.24) is 0 Å². The fourth-order valence-corrected chi connectivity index (χ4v) is 2.46. The maximum absolute atomic E-state index is 11.1. The number of hydrogen-bond acceptors (Lipinski definition) is 3. The van der Waals surface area contributed by atoms with Crippen LogP contribution in [0.25, 0.3) is 0 Å². The van der Waals surface area contributed by atoms with Crippen LogP contribution in [0, 0.1) is 0 Å². The molecule has 0 radical (unpaired) electrons. The van der Waals surface area contributed by atoms with Crippen LogP contribution in [0.3, 0.4) is 0 Å². The number of carbonyl (C=O) groups excluding carboxylic acids is 1. The van der Waals surface area contributed by atoms with E-state index in [-0.39, 0.29) is 5.78 Å².